The molecule has 0 spiro atoms. The summed E-state index contributed by atoms with van der Waals surface area (Å²) in [5.74, 6) is 0.0223. The third kappa shape index (κ3) is 3.40. The fraction of sp³-hybridized carbons (Fsp3) is 0.188. The van der Waals surface area contributed by atoms with Gasteiger partial charge >= 0.3 is 0 Å². The molecule has 0 aliphatic carbocycles. The number of hydrogen-bond donors (Lipinski definition) is 1. The molecular weight excluding hydrogens is 296 g/mol. The van der Waals surface area contributed by atoms with Gasteiger partial charge in [0.15, 0.2) is 0 Å². The van der Waals surface area contributed by atoms with Crippen LogP contribution in [0.5, 0.6) is 0 Å². The number of nitrogens with one attached hydrogen (secondary N) is 1. The van der Waals surface area contributed by atoms with E-state index < -0.39 is 0 Å². The number of nitrogens with zero attached hydrogens (tertiary/aromatic N) is 3. The van der Waals surface area contributed by atoms with Gasteiger partial charge in [0.05, 0.1) is 24.4 Å². The zero-order valence-electron chi connectivity index (χ0n) is 12.2. The second-order valence-corrected chi connectivity index (χ2v) is 5.95. The Morgan fingerprint density at radius 3 is 2.86 bits per heavy atom. The molecule has 0 aliphatic heterocycles. The van der Waals surface area contributed by atoms with E-state index in [4.69, 9.17) is 0 Å². The number of thiophene rings is 1. The van der Waals surface area contributed by atoms with Crippen molar-refractivity contribution in [1.82, 2.24) is 20.1 Å². The fourth-order valence-corrected chi connectivity index (χ4v) is 2.86. The number of hydrogen-bond acceptors (Lipinski definition) is 4. The standard InChI is InChI=1S/C16H16N4OS/c1-20-13(9-15(19-20)12-4-6-17-7-5-12)11-18-16(21)10-14-3-2-8-22-14/h2-9H,10-11H2,1H3,(H,18,21). The van der Waals surface area contributed by atoms with Crippen LogP contribution in [0.15, 0.2) is 48.1 Å². The van der Waals surface area contributed by atoms with Gasteiger partial charge in [-0.25, -0.2) is 0 Å². The molecule has 5 nitrogen and oxygen atoms in total. The van der Waals surface area contributed by atoms with Crippen LogP contribution < -0.4 is 5.32 Å². The zero-order chi connectivity index (χ0) is 15.4. The van der Waals surface area contributed by atoms with E-state index in [1.54, 1.807) is 28.4 Å². The van der Waals surface area contributed by atoms with Crippen LogP contribution in [0.4, 0.5) is 0 Å². The molecule has 1 amide bonds. The van der Waals surface area contributed by atoms with E-state index >= 15 is 0 Å². The Morgan fingerprint density at radius 2 is 2.14 bits per heavy atom. The summed E-state index contributed by atoms with van der Waals surface area (Å²) in [6.45, 7) is 0.471. The molecule has 6 heteroatoms. The Kier molecular flexibility index (Phi) is 4.29. The van der Waals surface area contributed by atoms with Gasteiger partial charge in [0, 0.05) is 29.9 Å². The highest BCUT2D eigenvalue weighted by Gasteiger charge is 2.09. The molecule has 0 aliphatic rings. The second kappa shape index (κ2) is 6.53. The summed E-state index contributed by atoms with van der Waals surface area (Å²) >= 11 is 1.59. The summed E-state index contributed by atoms with van der Waals surface area (Å²) in [6, 6.07) is 9.75. The van der Waals surface area contributed by atoms with E-state index in [1.165, 1.54) is 0 Å². The highest BCUT2D eigenvalue weighted by atomic mass is 32.1. The van der Waals surface area contributed by atoms with Gasteiger partial charge in [-0.3, -0.25) is 14.5 Å². The molecule has 0 atom stereocenters. The molecule has 0 fully saturated rings. The summed E-state index contributed by atoms with van der Waals surface area (Å²) in [5, 5.41) is 9.39. The van der Waals surface area contributed by atoms with Crippen molar-refractivity contribution in [3.8, 4) is 11.3 Å². The first kappa shape index (κ1) is 14.5. The molecule has 3 rings (SSSR count). The minimum Gasteiger partial charge on any atom is -0.350 e. The van der Waals surface area contributed by atoms with E-state index in [2.05, 4.69) is 15.4 Å². The topological polar surface area (TPSA) is 59.8 Å². The van der Waals surface area contributed by atoms with Crippen molar-refractivity contribution in [3.05, 3.63) is 58.7 Å². The third-order valence-corrected chi connectivity index (χ3v) is 4.21. The fourth-order valence-electron chi connectivity index (χ4n) is 2.16. The number of aromatic nitrogens is 3. The molecule has 3 aromatic heterocycles. The van der Waals surface area contributed by atoms with Crippen LogP contribution in [0.3, 0.4) is 0 Å². The smallest absolute Gasteiger partial charge is 0.225 e. The third-order valence-electron chi connectivity index (χ3n) is 3.33. The lowest BCUT2D eigenvalue weighted by Crippen LogP contribution is -2.25. The average molecular weight is 312 g/mol. The SMILES string of the molecule is Cn1nc(-c2ccncc2)cc1CNC(=O)Cc1cccs1. The first-order chi connectivity index (χ1) is 10.7. The number of aryl methyl sites for hydroxylation is 1. The Hall–Kier alpha value is -2.47. The van der Waals surface area contributed by atoms with E-state index in [0.717, 1.165) is 21.8 Å². The van der Waals surface area contributed by atoms with Gasteiger partial charge in [-0.1, -0.05) is 6.07 Å². The van der Waals surface area contributed by atoms with Crippen LogP contribution >= 0.6 is 11.3 Å². The predicted octanol–water partition coefficient (Wildman–Crippen LogP) is 2.40. The molecule has 0 unspecified atom stereocenters. The Morgan fingerprint density at radius 1 is 1.32 bits per heavy atom. The predicted molar refractivity (Wildman–Crippen MR) is 86.3 cm³/mol. The molecular formula is C16H16N4OS. The van der Waals surface area contributed by atoms with Crippen molar-refractivity contribution >= 4 is 17.2 Å². The molecule has 3 aromatic rings. The zero-order valence-corrected chi connectivity index (χ0v) is 13.0. The number of rotatable bonds is 5. The first-order valence-corrected chi connectivity index (χ1v) is 7.83. The minimum absolute atomic E-state index is 0.0223. The normalized spacial score (nSPS) is 10.6. The quantitative estimate of drug-likeness (QED) is 0.787. The maximum Gasteiger partial charge on any atom is 0.225 e. The van der Waals surface area contributed by atoms with Gasteiger partial charge in [0.25, 0.3) is 0 Å². The number of carbonyl (C=O) groups excluding carboxylic acids is 1. The summed E-state index contributed by atoms with van der Waals surface area (Å²) in [6.07, 6.45) is 3.91. The number of amides is 1. The molecule has 22 heavy (non-hydrogen) atoms. The van der Waals surface area contributed by atoms with Crippen LogP contribution in [0.2, 0.25) is 0 Å². The van der Waals surface area contributed by atoms with E-state index in [0.29, 0.717) is 13.0 Å². The molecule has 1 N–H and O–H groups in total. The lowest BCUT2D eigenvalue weighted by Gasteiger charge is -2.04. The van der Waals surface area contributed by atoms with E-state index in [1.807, 2.05) is 42.8 Å². The molecule has 0 radical (unpaired) electrons. The largest absolute Gasteiger partial charge is 0.350 e. The Labute approximate surface area is 132 Å². The van der Waals surface area contributed by atoms with Gasteiger partial charge in [-0.2, -0.15) is 5.10 Å². The maximum absolute atomic E-state index is 11.9. The monoisotopic (exact) mass is 312 g/mol. The lowest BCUT2D eigenvalue weighted by atomic mass is 10.2. The van der Waals surface area contributed by atoms with Crippen LogP contribution in [0.1, 0.15) is 10.6 Å². The Balaban J connectivity index is 1.63. The first-order valence-electron chi connectivity index (χ1n) is 6.95. The molecule has 0 saturated carbocycles. The van der Waals surface area contributed by atoms with Crippen LogP contribution in [0, 0.1) is 0 Å². The van der Waals surface area contributed by atoms with Gasteiger partial charge in [-0.15, -0.1) is 11.3 Å². The van der Waals surface area contributed by atoms with Crippen molar-refractivity contribution < 1.29 is 4.79 Å². The molecule has 112 valence electrons. The highest BCUT2D eigenvalue weighted by Crippen LogP contribution is 2.17. The Bertz CT molecular complexity index is 750. The van der Waals surface area contributed by atoms with Crippen LogP contribution in [0.25, 0.3) is 11.3 Å². The second-order valence-electron chi connectivity index (χ2n) is 4.91. The highest BCUT2D eigenvalue weighted by molar-refractivity contribution is 7.10. The van der Waals surface area contributed by atoms with Crippen LogP contribution in [-0.2, 0) is 24.8 Å². The van der Waals surface area contributed by atoms with Crippen molar-refractivity contribution in [3.63, 3.8) is 0 Å². The number of pyridine rings is 1. The number of carbonyl (C=O) groups is 1. The van der Waals surface area contributed by atoms with E-state index in [-0.39, 0.29) is 5.91 Å². The lowest BCUT2D eigenvalue weighted by molar-refractivity contribution is -0.120. The van der Waals surface area contributed by atoms with Crippen molar-refractivity contribution in [2.75, 3.05) is 0 Å². The summed E-state index contributed by atoms with van der Waals surface area (Å²) in [7, 11) is 1.88. The van der Waals surface area contributed by atoms with Crippen molar-refractivity contribution in [1.29, 1.82) is 0 Å². The van der Waals surface area contributed by atoms with Gasteiger partial charge < -0.3 is 5.32 Å². The molecule has 0 bridgehead atoms. The molecule has 0 saturated heterocycles. The van der Waals surface area contributed by atoms with Crippen LogP contribution in [-0.4, -0.2) is 20.7 Å². The molecule has 3 heterocycles. The molecule has 0 aromatic carbocycles. The summed E-state index contributed by atoms with van der Waals surface area (Å²) in [5.41, 5.74) is 2.86. The van der Waals surface area contributed by atoms with Gasteiger partial charge in [0.1, 0.15) is 0 Å². The summed E-state index contributed by atoms with van der Waals surface area (Å²) < 4.78 is 1.79. The van der Waals surface area contributed by atoms with E-state index in [9.17, 15) is 4.79 Å². The minimum atomic E-state index is 0.0223. The van der Waals surface area contributed by atoms with Crippen molar-refractivity contribution in [2.45, 2.75) is 13.0 Å². The average Bonchev–Trinajstić information content (AvgIpc) is 3.16. The van der Waals surface area contributed by atoms with Gasteiger partial charge in [0.2, 0.25) is 5.91 Å². The summed E-state index contributed by atoms with van der Waals surface area (Å²) in [4.78, 5) is 17.0. The van der Waals surface area contributed by atoms with Crippen molar-refractivity contribution in [2.24, 2.45) is 7.05 Å². The maximum atomic E-state index is 11.9. The van der Waals surface area contributed by atoms with Gasteiger partial charge in [-0.05, 0) is 29.6 Å².